The van der Waals surface area contributed by atoms with E-state index in [0.717, 1.165) is 15.7 Å². The molecule has 0 spiro atoms. The fraction of sp³-hybridized carbons (Fsp3) is 0.267. The number of ether oxygens (including phenoxy) is 1. The van der Waals surface area contributed by atoms with Gasteiger partial charge in [0.05, 0.1) is 11.8 Å². The Hall–Kier alpha value is -1.79. The number of carbonyl (C=O) groups is 1. The molecule has 0 unspecified atom stereocenters. The van der Waals surface area contributed by atoms with Gasteiger partial charge in [0.1, 0.15) is 0 Å². The molecule has 1 fully saturated rings. The summed E-state index contributed by atoms with van der Waals surface area (Å²) in [4.78, 5) is 13.8. The minimum absolute atomic E-state index is 0.0989. The summed E-state index contributed by atoms with van der Waals surface area (Å²) >= 11 is 3.39. The highest BCUT2D eigenvalue weighted by atomic mass is 79.9. The maximum absolute atomic E-state index is 12.1. The zero-order valence-corrected chi connectivity index (χ0v) is 13.1. The van der Waals surface area contributed by atoms with E-state index in [2.05, 4.69) is 26.1 Å². The zero-order chi connectivity index (χ0) is 14.8. The Morgan fingerprint density at radius 3 is 2.48 bits per heavy atom. The van der Waals surface area contributed by atoms with Gasteiger partial charge in [0.2, 0.25) is 0 Å². The summed E-state index contributed by atoms with van der Waals surface area (Å²) in [5.74, 6) is -0.0989. The Morgan fingerprint density at radius 2 is 1.90 bits per heavy atom. The van der Waals surface area contributed by atoms with Gasteiger partial charge in [-0.3, -0.25) is 4.79 Å². The van der Waals surface area contributed by atoms with E-state index in [1.807, 2.05) is 30.3 Å². The summed E-state index contributed by atoms with van der Waals surface area (Å²) in [6.45, 7) is 1.23. The van der Waals surface area contributed by atoms with Crippen LogP contribution in [0.25, 0.3) is 11.3 Å². The van der Waals surface area contributed by atoms with Gasteiger partial charge in [-0.05, 0) is 24.3 Å². The van der Waals surface area contributed by atoms with E-state index in [9.17, 15) is 4.79 Å². The number of aromatic nitrogens is 2. The second-order valence-corrected chi connectivity index (χ2v) is 5.79. The topological polar surface area (TPSA) is 55.3 Å². The monoisotopic (exact) mass is 347 g/mol. The maximum Gasteiger partial charge on any atom is 0.274 e. The number of hydrogen-bond donors (Lipinski definition) is 0. The number of methoxy groups -OCH3 is 1. The minimum atomic E-state index is -0.0989. The lowest BCUT2D eigenvalue weighted by atomic mass is 10.1. The number of nitrogens with zero attached hydrogens (tertiary/aromatic N) is 3. The van der Waals surface area contributed by atoms with E-state index in [1.165, 1.54) is 0 Å². The third kappa shape index (κ3) is 2.96. The lowest BCUT2D eigenvalue weighted by Crippen LogP contribution is -2.54. The lowest BCUT2D eigenvalue weighted by Gasteiger charge is -2.37. The summed E-state index contributed by atoms with van der Waals surface area (Å²) < 4.78 is 6.17. The molecule has 21 heavy (non-hydrogen) atoms. The summed E-state index contributed by atoms with van der Waals surface area (Å²) in [6.07, 6.45) is 0.143. The van der Waals surface area contributed by atoms with Crippen molar-refractivity contribution in [2.75, 3.05) is 20.2 Å². The first-order chi connectivity index (χ1) is 10.2. The quantitative estimate of drug-likeness (QED) is 0.855. The molecular formula is C15H14BrN3O2. The van der Waals surface area contributed by atoms with Crippen LogP contribution in [-0.2, 0) is 4.74 Å². The highest BCUT2D eigenvalue weighted by Gasteiger charge is 2.31. The second kappa shape index (κ2) is 5.91. The number of benzene rings is 1. The minimum Gasteiger partial charge on any atom is -0.378 e. The van der Waals surface area contributed by atoms with Crippen molar-refractivity contribution in [1.29, 1.82) is 0 Å². The average Bonchev–Trinajstić information content (AvgIpc) is 2.47. The van der Waals surface area contributed by atoms with E-state index in [-0.39, 0.29) is 12.0 Å². The van der Waals surface area contributed by atoms with Gasteiger partial charge < -0.3 is 9.64 Å². The molecule has 0 atom stereocenters. The standard InChI is InChI=1S/C15H14BrN3O2/c1-21-12-8-19(9-12)15(20)14-7-6-13(17-18-14)10-2-4-11(16)5-3-10/h2-7,12H,8-9H2,1H3. The number of rotatable bonds is 3. The molecule has 0 bridgehead atoms. The molecule has 3 rings (SSSR count). The second-order valence-electron chi connectivity index (χ2n) is 4.88. The van der Waals surface area contributed by atoms with Crippen molar-refractivity contribution in [3.63, 3.8) is 0 Å². The molecule has 0 aliphatic carbocycles. The van der Waals surface area contributed by atoms with Gasteiger partial charge in [0, 0.05) is 30.2 Å². The van der Waals surface area contributed by atoms with Crippen LogP contribution >= 0.6 is 15.9 Å². The molecule has 5 nitrogen and oxygen atoms in total. The third-order valence-electron chi connectivity index (χ3n) is 3.49. The highest BCUT2D eigenvalue weighted by Crippen LogP contribution is 2.20. The van der Waals surface area contributed by atoms with Crippen molar-refractivity contribution in [1.82, 2.24) is 15.1 Å². The third-order valence-corrected chi connectivity index (χ3v) is 4.02. The number of likely N-dealkylation sites (tertiary alicyclic amines) is 1. The maximum atomic E-state index is 12.1. The van der Waals surface area contributed by atoms with E-state index >= 15 is 0 Å². The molecule has 6 heteroatoms. The van der Waals surface area contributed by atoms with Crippen molar-refractivity contribution in [3.8, 4) is 11.3 Å². The molecule has 1 aliphatic heterocycles. The van der Waals surface area contributed by atoms with Crippen LogP contribution in [0.1, 0.15) is 10.5 Å². The van der Waals surface area contributed by atoms with Gasteiger partial charge in [-0.15, -0.1) is 10.2 Å². The largest absolute Gasteiger partial charge is 0.378 e. The van der Waals surface area contributed by atoms with E-state index < -0.39 is 0 Å². The molecule has 0 saturated carbocycles. The Bertz CT molecular complexity index is 637. The van der Waals surface area contributed by atoms with E-state index in [4.69, 9.17) is 4.74 Å². The zero-order valence-electron chi connectivity index (χ0n) is 11.5. The average molecular weight is 348 g/mol. The van der Waals surface area contributed by atoms with Crippen LogP contribution in [0.15, 0.2) is 40.9 Å². The van der Waals surface area contributed by atoms with Crippen molar-refractivity contribution in [2.24, 2.45) is 0 Å². The molecule has 0 radical (unpaired) electrons. The van der Waals surface area contributed by atoms with Crippen LogP contribution < -0.4 is 0 Å². The highest BCUT2D eigenvalue weighted by molar-refractivity contribution is 9.10. The van der Waals surface area contributed by atoms with Gasteiger partial charge in [0.25, 0.3) is 5.91 Å². The molecule has 1 amide bonds. The lowest BCUT2D eigenvalue weighted by molar-refractivity contribution is -0.0195. The summed E-state index contributed by atoms with van der Waals surface area (Å²) in [6, 6.07) is 11.3. The Balaban J connectivity index is 1.72. The first-order valence-corrected chi connectivity index (χ1v) is 7.38. The molecule has 0 N–H and O–H groups in total. The molecule has 108 valence electrons. The van der Waals surface area contributed by atoms with Gasteiger partial charge in [-0.1, -0.05) is 28.1 Å². The predicted octanol–water partition coefficient (Wildman–Crippen LogP) is 2.38. The van der Waals surface area contributed by atoms with Gasteiger partial charge in [-0.2, -0.15) is 0 Å². The van der Waals surface area contributed by atoms with Crippen molar-refractivity contribution >= 4 is 21.8 Å². The molecule has 1 aliphatic rings. The van der Waals surface area contributed by atoms with Gasteiger partial charge >= 0.3 is 0 Å². The van der Waals surface area contributed by atoms with Gasteiger partial charge in [0.15, 0.2) is 5.69 Å². The van der Waals surface area contributed by atoms with Crippen molar-refractivity contribution < 1.29 is 9.53 Å². The molecule has 1 aromatic heterocycles. The van der Waals surface area contributed by atoms with Crippen LogP contribution in [0.5, 0.6) is 0 Å². The van der Waals surface area contributed by atoms with Crippen LogP contribution in [-0.4, -0.2) is 47.3 Å². The summed E-state index contributed by atoms with van der Waals surface area (Å²) in [5.41, 5.74) is 2.08. The fourth-order valence-corrected chi connectivity index (χ4v) is 2.40. The van der Waals surface area contributed by atoms with E-state index in [1.54, 1.807) is 18.1 Å². The Morgan fingerprint density at radius 1 is 1.19 bits per heavy atom. The van der Waals surface area contributed by atoms with E-state index in [0.29, 0.717) is 18.8 Å². The van der Waals surface area contributed by atoms with Crippen LogP contribution in [0.4, 0.5) is 0 Å². The summed E-state index contributed by atoms with van der Waals surface area (Å²) in [5, 5.41) is 8.17. The first-order valence-electron chi connectivity index (χ1n) is 6.59. The van der Waals surface area contributed by atoms with Crippen molar-refractivity contribution in [3.05, 3.63) is 46.6 Å². The van der Waals surface area contributed by atoms with Crippen LogP contribution in [0, 0.1) is 0 Å². The number of halogens is 1. The Kier molecular flexibility index (Phi) is 3.98. The molecule has 1 saturated heterocycles. The van der Waals surface area contributed by atoms with Gasteiger partial charge in [-0.25, -0.2) is 0 Å². The van der Waals surface area contributed by atoms with Crippen LogP contribution in [0.3, 0.4) is 0 Å². The fourth-order valence-electron chi connectivity index (χ4n) is 2.14. The predicted molar refractivity (Wildman–Crippen MR) is 81.9 cm³/mol. The SMILES string of the molecule is COC1CN(C(=O)c2ccc(-c3ccc(Br)cc3)nn2)C1. The molecule has 1 aromatic carbocycles. The van der Waals surface area contributed by atoms with Crippen molar-refractivity contribution in [2.45, 2.75) is 6.10 Å². The smallest absolute Gasteiger partial charge is 0.274 e. The number of amides is 1. The Labute approximate surface area is 131 Å². The molecular weight excluding hydrogens is 334 g/mol. The molecule has 2 aromatic rings. The normalized spacial score (nSPS) is 14.9. The molecule has 2 heterocycles. The summed E-state index contributed by atoms with van der Waals surface area (Å²) in [7, 11) is 1.65. The van der Waals surface area contributed by atoms with Crippen LogP contribution in [0.2, 0.25) is 0 Å². The first kappa shape index (κ1) is 14.2. The number of carbonyl (C=O) groups excluding carboxylic acids is 1. The number of hydrogen-bond acceptors (Lipinski definition) is 4.